The van der Waals surface area contributed by atoms with E-state index in [1.807, 2.05) is 30.3 Å². The zero-order chi connectivity index (χ0) is 19.1. The summed E-state index contributed by atoms with van der Waals surface area (Å²) in [5, 5.41) is 31.9. The number of nitrogens with zero attached hydrogens (tertiary/aromatic N) is 1. The minimum Gasteiger partial charge on any atom is -0.508 e. The number of nitrogens with one attached hydrogen (secondary N) is 3. The van der Waals surface area contributed by atoms with Crippen molar-refractivity contribution < 1.29 is 15.0 Å². The number of rotatable bonds is 8. The molecule has 7 heteroatoms. The Bertz CT molecular complexity index is 893. The molecule has 5 N–H and O–H groups in total. The van der Waals surface area contributed by atoms with Crippen LogP contribution in [-0.4, -0.2) is 39.4 Å². The van der Waals surface area contributed by atoms with Gasteiger partial charge >= 0.3 is 0 Å². The van der Waals surface area contributed by atoms with Crippen molar-refractivity contribution in [3.05, 3.63) is 65.9 Å². The number of benzene rings is 2. The Balaban J connectivity index is 1.38. The molecule has 1 heterocycles. The molecule has 0 saturated heterocycles. The molecular formula is C20H22N4O3. The summed E-state index contributed by atoms with van der Waals surface area (Å²) >= 11 is 0. The van der Waals surface area contributed by atoms with Crippen LogP contribution in [-0.2, 0) is 6.54 Å². The minimum absolute atomic E-state index is 0.0350. The maximum Gasteiger partial charge on any atom is 0.271 e. The highest BCUT2D eigenvalue weighted by atomic mass is 16.3. The summed E-state index contributed by atoms with van der Waals surface area (Å²) in [6.45, 7) is 1.68. The Hall–Kier alpha value is -3.32. The molecule has 2 aromatic carbocycles. The van der Waals surface area contributed by atoms with E-state index in [0.29, 0.717) is 30.9 Å². The highest BCUT2D eigenvalue weighted by Crippen LogP contribution is 2.22. The normalized spacial score (nSPS) is 10.7. The number of hydrogen-bond donors (Lipinski definition) is 5. The van der Waals surface area contributed by atoms with Crippen LogP contribution >= 0.6 is 0 Å². The van der Waals surface area contributed by atoms with Gasteiger partial charge in [0.05, 0.1) is 5.69 Å². The molecule has 0 atom stereocenters. The first-order valence-electron chi connectivity index (χ1n) is 8.74. The third-order valence-electron chi connectivity index (χ3n) is 4.10. The van der Waals surface area contributed by atoms with Crippen LogP contribution < -0.4 is 10.6 Å². The van der Waals surface area contributed by atoms with Crippen molar-refractivity contribution in [2.24, 2.45) is 0 Å². The molecule has 0 radical (unpaired) electrons. The number of carbonyl (C=O) groups excluding carboxylic acids is 1. The Morgan fingerprint density at radius 3 is 2.63 bits per heavy atom. The molecular weight excluding hydrogens is 344 g/mol. The molecule has 0 spiro atoms. The van der Waals surface area contributed by atoms with Gasteiger partial charge in [0.2, 0.25) is 0 Å². The molecule has 0 unspecified atom stereocenters. The Kier molecular flexibility index (Phi) is 6.06. The molecule has 3 rings (SSSR count). The minimum atomic E-state index is -0.218. The maximum absolute atomic E-state index is 12.1. The van der Waals surface area contributed by atoms with Gasteiger partial charge in [-0.3, -0.25) is 9.89 Å². The third-order valence-corrected chi connectivity index (χ3v) is 4.10. The van der Waals surface area contributed by atoms with Crippen molar-refractivity contribution in [1.29, 1.82) is 0 Å². The highest BCUT2D eigenvalue weighted by Gasteiger charge is 2.10. The number of hydrogen-bond acceptors (Lipinski definition) is 5. The number of aromatic hydroxyl groups is 2. The lowest BCUT2D eigenvalue weighted by Crippen LogP contribution is -2.27. The second-order valence-corrected chi connectivity index (χ2v) is 6.13. The quantitative estimate of drug-likeness (QED) is 0.393. The lowest BCUT2D eigenvalue weighted by Gasteiger charge is -2.07. The number of phenols is 2. The van der Waals surface area contributed by atoms with Crippen molar-refractivity contribution in [3.8, 4) is 22.8 Å². The summed E-state index contributed by atoms with van der Waals surface area (Å²) in [5.74, 6) is -0.124. The first-order valence-corrected chi connectivity index (χ1v) is 8.74. The topological polar surface area (TPSA) is 110 Å². The van der Waals surface area contributed by atoms with Crippen LogP contribution in [0.25, 0.3) is 11.3 Å². The van der Waals surface area contributed by atoms with Gasteiger partial charge in [-0.1, -0.05) is 36.4 Å². The predicted octanol–water partition coefficient (Wildman–Crippen LogP) is 2.40. The lowest BCUT2D eigenvalue weighted by molar-refractivity contribution is 0.0948. The monoisotopic (exact) mass is 366 g/mol. The summed E-state index contributed by atoms with van der Waals surface area (Å²) in [6.07, 6.45) is 0.737. The molecule has 0 aliphatic rings. The van der Waals surface area contributed by atoms with E-state index in [9.17, 15) is 15.0 Å². The van der Waals surface area contributed by atoms with E-state index in [4.69, 9.17) is 0 Å². The number of phenolic OH excluding ortho intramolecular Hbond substituents is 2. The molecule has 3 aromatic rings. The summed E-state index contributed by atoms with van der Waals surface area (Å²) < 4.78 is 0. The van der Waals surface area contributed by atoms with E-state index < -0.39 is 0 Å². The Labute approximate surface area is 157 Å². The van der Waals surface area contributed by atoms with E-state index in [0.717, 1.165) is 17.7 Å². The van der Waals surface area contributed by atoms with Crippen LogP contribution in [0.2, 0.25) is 0 Å². The molecule has 0 saturated carbocycles. The lowest BCUT2D eigenvalue weighted by atomic mass is 10.1. The third kappa shape index (κ3) is 5.08. The highest BCUT2D eigenvalue weighted by molar-refractivity contribution is 5.93. The van der Waals surface area contributed by atoms with E-state index in [1.54, 1.807) is 12.1 Å². The number of H-pyrrole nitrogens is 1. The van der Waals surface area contributed by atoms with Crippen LogP contribution in [0.1, 0.15) is 22.5 Å². The SMILES string of the molecule is O=C(NCCCNCc1ccc(O)cc1O)c1cc(-c2ccccc2)[nH]n1. The predicted molar refractivity (Wildman–Crippen MR) is 102 cm³/mol. The van der Waals surface area contributed by atoms with Gasteiger partial charge in [0.15, 0.2) is 5.69 Å². The molecule has 140 valence electrons. The first kappa shape index (κ1) is 18.5. The fourth-order valence-electron chi connectivity index (χ4n) is 2.63. The van der Waals surface area contributed by atoms with Gasteiger partial charge < -0.3 is 20.8 Å². The molecule has 27 heavy (non-hydrogen) atoms. The van der Waals surface area contributed by atoms with Crippen LogP contribution in [0.3, 0.4) is 0 Å². The summed E-state index contributed by atoms with van der Waals surface area (Å²) in [5.41, 5.74) is 2.85. The first-order chi connectivity index (χ1) is 13.1. The van der Waals surface area contributed by atoms with Crippen molar-refractivity contribution in [2.75, 3.05) is 13.1 Å². The maximum atomic E-state index is 12.1. The average molecular weight is 366 g/mol. The molecule has 0 bridgehead atoms. The zero-order valence-corrected chi connectivity index (χ0v) is 14.8. The van der Waals surface area contributed by atoms with Crippen molar-refractivity contribution >= 4 is 5.91 Å². The van der Waals surface area contributed by atoms with Gasteiger partial charge in [-0.15, -0.1) is 0 Å². The van der Waals surface area contributed by atoms with Crippen LogP contribution in [0.15, 0.2) is 54.6 Å². The number of amides is 1. The summed E-state index contributed by atoms with van der Waals surface area (Å²) in [6, 6.07) is 15.9. The smallest absolute Gasteiger partial charge is 0.271 e. The number of aromatic nitrogens is 2. The van der Waals surface area contributed by atoms with Gasteiger partial charge in [-0.05, 0) is 30.7 Å². The molecule has 1 aromatic heterocycles. The number of carbonyl (C=O) groups is 1. The molecule has 1 amide bonds. The number of aromatic amines is 1. The second kappa shape index (κ2) is 8.86. The van der Waals surface area contributed by atoms with Crippen LogP contribution in [0.4, 0.5) is 0 Å². The van der Waals surface area contributed by atoms with E-state index in [1.165, 1.54) is 12.1 Å². The molecule has 0 aliphatic carbocycles. The van der Waals surface area contributed by atoms with E-state index >= 15 is 0 Å². The van der Waals surface area contributed by atoms with E-state index in [2.05, 4.69) is 20.8 Å². The van der Waals surface area contributed by atoms with Gasteiger partial charge in [0, 0.05) is 24.7 Å². The van der Waals surface area contributed by atoms with Crippen molar-refractivity contribution in [2.45, 2.75) is 13.0 Å². The van der Waals surface area contributed by atoms with Crippen LogP contribution in [0, 0.1) is 0 Å². The summed E-state index contributed by atoms with van der Waals surface area (Å²) in [7, 11) is 0. The fourth-order valence-corrected chi connectivity index (χ4v) is 2.63. The molecule has 7 nitrogen and oxygen atoms in total. The second-order valence-electron chi connectivity index (χ2n) is 6.13. The van der Waals surface area contributed by atoms with Crippen molar-refractivity contribution in [3.63, 3.8) is 0 Å². The van der Waals surface area contributed by atoms with Crippen LogP contribution in [0.5, 0.6) is 11.5 Å². The Morgan fingerprint density at radius 1 is 1.04 bits per heavy atom. The van der Waals surface area contributed by atoms with Gasteiger partial charge in [0.25, 0.3) is 5.91 Å². The molecule has 0 fully saturated rings. The van der Waals surface area contributed by atoms with E-state index in [-0.39, 0.29) is 17.4 Å². The molecule has 0 aliphatic heterocycles. The van der Waals surface area contributed by atoms with Gasteiger partial charge in [0.1, 0.15) is 11.5 Å². The zero-order valence-electron chi connectivity index (χ0n) is 14.8. The average Bonchev–Trinajstić information content (AvgIpc) is 3.17. The fraction of sp³-hybridized carbons (Fsp3) is 0.200. The largest absolute Gasteiger partial charge is 0.508 e. The van der Waals surface area contributed by atoms with Crippen molar-refractivity contribution in [1.82, 2.24) is 20.8 Å². The summed E-state index contributed by atoms with van der Waals surface area (Å²) in [4.78, 5) is 12.1. The van der Waals surface area contributed by atoms with Gasteiger partial charge in [-0.2, -0.15) is 5.10 Å². The Morgan fingerprint density at radius 2 is 1.85 bits per heavy atom. The standard InChI is InChI=1S/C20H22N4O3/c25-16-8-7-15(19(26)11-16)13-21-9-4-10-22-20(27)18-12-17(23-24-18)14-5-2-1-3-6-14/h1-3,5-8,11-12,21,25-26H,4,9-10,13H2,(H,22,27)(H,23,24). The van der Waals surface area contributed by atoms with Gasteiger partial charge in [-0.25, -0.2) is 0 Å².